The lowest BCUT2D eigenvalue weighted by atomic mass is 10.0. The van der Waals surface area contributed by atoms with E-state index in [2.05, 4.69) is 86.8 Å². The van der Waals surface area contributed by atoms with Crippen molar-refractivity contribution in [1.82, 2.24) is 0 Å². The summed E-state index contributed by atoms with van der Waals surface area (Å²) in [6.07, 6.45) is 97.4. The number of phosphoric ester groups is 1. The molecule has 0 saturated heterocycles. The van der Waals surface area contributed by atoms with Gasteiger partial charge in [-0.2, -0.15) is 0 Å². The Kier molecular flexibility index (Phi) is 71.4. The molecular formula is C78H144NO8P. The molecule has 0 aromatic carbocycles. The predicted molar refractivity (Wildman–Crippen MR) is 381 cm³/mol. The smallest absolute Gasteiger partial charge is 0.462 e. The highest BCUT2D eigenvalue weighted by molar-refractivity contribution is 7.47. The van der Waals surface area contributed by atoms with Gasteiger partial charge in [0.05, 0.1) is 13.2 Å². The summed E-state index contributed by atoms with van der Waals surface area (Å²) in [4.78, 5) is 35.4. The fourth-order valence-corrected chi connectivity index (χ4v) is 12.1. The van der Waals surface area contributed by atoms with Crippen LogP contribution in [-0.2, 0) is 32.7 Å². The van der Waals surface area contributed by atoms with E-state index in [1.54, 1.807) is 0 Å². The quantitative estimate of drug-likeness (QED) is 0.0264. The van der Waals surface area contributed by atoms with Gasteiger partial charge in [-0.3, -0.25) is 18.6 Å². The van der Waals surface area contributed by atoms with Gasteiger partial charge in [0.25, 0.3) is 0 Å². The second-order valence-electron chi connectivity index (χ2n) is 25.5. The average molecular weight is 1250 g/mol. The van der Waals surface area contributed by atoms with Crippen LogP contribution in [0, 0.1) is 0 Å². The van der Waals surface area contributed by atoms with E-state index in [0.717, 1.165) is 70.6 Å². The summed E-state index contributed by atoms with van der Waals surface area (Å²) in [5.41, 5.74) is 5.41. The normalized spacial score (nSPS) is 13.3. The second-order valence-corrected chi connectivity index (χ2v) is 27.0. The molecule has 0 aliphatic rings. The largest absolute Gasteiger partial charge is 0.472 e. The molecule has 0 spiro atoms. The number of rotatable bonds is 72. The van der Waals surface area contributed by atoms with Gasteiger partial charge in [-0.15, -0.1) is 0 Å². The zero-order valence-corrected chi connectivity index (χ0v) is 58.9. The van der Waals surface area contributed by atoms with Crippen LogP contribution in [0.1, 0.15) is 380 Å². The summed E-state index contributed by atoms with van der Waals surface area (Å²) >= 11 is 0. The van der Waals surface area contributed by atoms with Crippen LogP contribution in [-0.4, -0.2) is 49.3 Å². The van der Waals surface area contributed by atoms with Crippen molar-refractivity contribution in [2.75, 3.05) is 26.4 Å². The van der Waals surface area contributed by atoms with Gasteiger partial charge >= 0.3 is 19.8 Å². The Morgan fingerprint density at radius 3 is 0.932 bits per heavy atom. The molecule has 0 aromatic rings. The van der Waals surface area contributed by atoms with E-state index in [1.165, 1.54) is 276 Å². The molecule has 0 radical (unpaired) electrons. The van der Waals surface area contributed by atoms with Crippen LogP contribution in [0.4, 0.5) is 0 Å². The maximum atomic E-state index is 12.8. The minimum Gasteiger partial charge on any atom is -0.462 e. The number of carbonyl (C=O) groups is 2. The van der Waals surface area contributed by atoms with E-state index >= 15 is 0 Å². The van der Waals surface area contributed by atoms with Crippen LogP contribution in [0.2, 0.25) is 0 Å². The Balaban J connectivity index is 3.79. The van der Waals surface area contributed by atoms with E-state index in [9.17, 15) is 19.0 Å². The molecule has 514 valence electrons. The molecule has 0 fully saturated rings. The molecule has 0 aromatic heterocycles. The molecule has 2 unspecified atom stereocenters. The molecule has 0 aliphatic heterocycles. The van der Waals surface area contributed by atoms with Crippen molar-refractivity contribution in [3.8, 4) is 0 Å². The van der Waals surface area contributed by atoms with Crippen LogP contribution < -0.4 is 5.73 Å². The Hall–Kier alpha value is -2.55. The molecule has 0 heterocycles. The molecular weight excluding hydrogens is 1110 g/mol. The summed E-state index contributed by atoms with van der Waals surface area (Å²) < 4.78 is 33.2. The molecule has 3 N–H and O–H groups in total. The third-order valence-electron chi connectivity index (χ3n) is 16.9. The highest BCUT2D eigenvalue weighted by atomic mass is 31.2. The molecule has 88 heavy (non-hydrogen) atoms. The van der Waals surface area contributed by atoms with Crippen LogP contribution in [0.5, 0.6) is 0 Å². The van der Waals surface area contributed by atoms with Crippen molar-refractivity contribution >= 4 is 19.8 Å². The first-order valence-electron chi connectivity index (χ1n) is 37.9. The molecule has 9 nitrogen and oxygen atoms in total. The Bertz CT molecular complexity index is 1670. The summed E-state index contributed by atoms with van der Waals surface area (Å²) in [5, 5.41) is 0. The van der Waals surface area contributed by atoms with Gasteiger partial charge in [0.1, 0.15) is 6.61 Å². The highest BCUT2D eigenvalue weighted by Crippen LogP contribution is 2.43. The lowest BCUT2D eigenvalue weighted by Crippen LogP contribution is -2.29. The van der Waals surface area contributed by atoms with Crippen molar-refractivity contribution in [2.45, 2.75) is 386 Å². The summed E-state index contributed by atoms with van der Waals surface area (Å²) in [6, 6.07) is 0. The van der Waals surface area contributed by atoms with Crippen LogP contribution in [0.25, 0.3) is 0 Å². The second kappa shape index (κ2) is 73.5. The van der Waals surface area contributed by atoms with Crippen molar-refractivity contribution in [1.29, 1.82) is 0 Å². The molecule has 0 saturated carbocycles. The van der Waals surface area contributed by atoms with Crippen molar-refractivity contribution in [2.24, 2.45) is 5.73 Å². The SMILES string of the molecule is CC/C=C\C/C=C\C/C=C\C/C=C\C/C=C\C/C=C\CCCCCCCCCCCCCCCCCCCCCCC(=O)OC(COC(=O)CCCCCCCCCCCCCCCCCCCCCCCCCCCCCC)COP(=O)(O)OCCN. The molecule has 0 rings (SSSR count). The third kappa shape index (κ3) is 72.5. The van der Waals surface area contributed by atoms with Crippen molar-refractivity contribution in [3.63, 3.8) is 0 Å². The number of allylic oxidation sites excluding steroid dienone is 12. The van der Waals surface area contributed by atoms with Crippen molar-refractivity contribution < 1.29 is 37.6 Å². The van der Waals surface area contributed by atoms with E-state index < -0.39 is 26.5 Å². The first kappa shape index (κ1) is 85.5. The molecule has 10 heteroatoms. The fourth-order valence-electron chi connectivity index (χ4n) is 11.3. The van der Waals surface area contributed by atoms with Gasteiger partial charge in [-0.25, -0.2) is 4.57 Å². The topological polar surface area (TPSA) is 134 Å². The molecule has 0 amide bonds. The summed E-state index contributed by atoms with van der Waals surface area (Å²) in [7, 11) is -4.39. The number of unbranched alkanes of at least 4 members (excludes halogenated alkanes) is 47. The minimum atomic E-state index is -4.39. The zero-order valence-electron chi connectivity index (χ0n) is 58.0. The van der Waals surface area contributed by atoms with E-state index in [-0.39, 0.29) is 38.6 Å². The lowest BCUT2D eigenvalue weighted by Gasteiger charge is -2.19. The van der Waals surface area contributed by atoms with Gasteiger partial charge in [-0.05, 0) is 64.2 Å². The van der Waals surface area contributed by atoms with E-state index in [4.69, 9.17) is 24.3 Å². The number of nitrogens with two attached hydrogens (primary N) is 1. The van der Waals surface area contributed by atoms with Gasteiger partial charge in [-0.1, -0.05) is 376 Å². The standard InChI is InChI=1S/C78H144NO8P/c1-3-5-7-9-11-13-15-17-19-21-23-25-27-29-31-33-34-35-36-37-38-39-40-41-42-43-45-47-49-51-53-55-57-59-61-63-65-67-69-71-78(81)87-76(75-86-88(82,83)85-73-72-79)74-84-77(80)70-68-66-64-62-60-58-56-54-52-50-48-46-44-32-30-28-26-24-22-20-18-16-14-12-10-8-6-4-2/h5,7,11,13,17,19,23,25,29,31,34-35,76H,3-4,6,8-10,12,14-16,18,20-22,24,26-28,30,32-33,36-75,79H2,1-2H3,(H,82,83)/b7-5-,13-11-,19-17-,25-23-,31-29-,35-34-. The van der Waals surface area contributed by atoms with Crippen LogP contribution >= 0.6 is 7.82 Å². The predicted octanol–water partition coefficient (Wildman–Crippen LogP) is 25.1. The number of phosphoric acid groups is 1. The van der Waals surface area contributed by atoms with Gasteiger partial charge in [0.15, 0.2) is 6.10 Å². The Labute approximate surface area is 545 Å². The maximum Gasteiger partial charge on any atom is 0.472 e. The van der Waals surface area contributed by atoms with Gasteiger partial charge < -0.3 is 20.1 Å². The molecule has 0 aliphatic carbocycles. The number of ether oxygens (including phenoxy) is 2. The highest BCUT2D eigenvalue weighted by Gasteiger charge is 2.26. The third-order valence-corrected chi connectivity index (χ3v) is 17.8. The molecule has 2 atom stereocenters. The average Bonchev–Trinajstić information content (AvgIpc) is 3.71. The van der Waals surface area contributed by atoms with Crippen LogP contribution in [0.15, 0.2) is 72.9 Å². The van der Waals surface area contributed by atoms with E-state index in [0.29, 0.717) is 6.42 Å². The van der Waals surface area contributed by atoms with Crippen LogP contribution in [0.3, 0.4) is 0 Å². The first-order chi connectivity index (χ1) is 43.3. The number of hydrogen-bond acceptors (Lipinski definition) is 8. The maximum absolute atomic E-state index is 12.8. The first-order valence-corrected chi connectivity index (χ1v) is 39.4. The fraction of sp³-hybridized carbons (Fsp3) is 0.821. The summed E-state index contributed by atoms with van der Waals surface area (Å²) in [6.45, 7) is 3.70. The minimum absolute atomic E-state index is 0.0550. The van der Waals surface area contributed by atoms with Gasteiger partial charge in [0.2, 0.25) is 0 Å². The number of hydrogen-bond donors (Lipinski definition) is 2. The molecule has 0 bridgehead atoms. The number of esters is 2. The summed E-state index contributed by atoms with van der Waals surface area (Å²) in [5.74, 6) is -0.805. The Morgan fingerprint density at radius 2 is 0.625 bits per heavy atom. The van der Waals surface area contributed by atoms with Gasteiger partial charge in [0, 0.05) is 19.4 Å². The Morgan fingerprint density at radius 1 is 0.352 bits per heavy atom. The number of carbonyl (C=O) groups excluding carboxylic acids is 2. The monoisotopic (exact) mass is 1250 g/mol. The zero-order chi connectivity index (χ0) is 63.7. The lowest BCUT2D eigenvalue weighted by molar-refractivity contribution is -0.161. The van der Waals surface area contributed by atoms with Crippen molar-refractivity contribution in [3.05, 3.63) is 72.9 Å². The van der Waals surface area contributed by atoms with E-state index in [1.807, 2.05) is 0 Å².